The molecule has 2 aromatic carbocycles. The molecular weight excluding hydrogens is 380 g/mol. The Morgan fingerprint density at radius 2 is 1.80 bits per heavy atom. The standard InChI is InChI=1S/C23H26N4O3/c1-4-26(5-2)23(29)20-15-24-27(18-11-7-6-8-12-18)22(20)25-21(28)16-30-19-13-9-10-17(3)14-19/h6-15H,4-5,16H2,1-3H3,(H,25,28). The molecule has 3 rings (SSSR count). The van der Waals surface area contributed by atoms with Crippen molar-refractivity contribution in [3.05, 3.63) is 71.9 Å². The van der Waals surface area contributed by atoms with E-state index in [2.05, 4.69) is 10.4 Å². The van der Waals surface area contributed by atoms with E-state index in [9.17, 15) is 9.59 Å². The molecule has 0 fully saturated rings. The molecular formula is C23H26N4O3. The van der Waals surface area contributed by atoms with Crippen LogP contribution in [-0.2, 0) is 4.79 Å². The minimum Gasteiger partial charge on any atom is -0.484 e. The topological polar surface area (TPSA) is 76.5 Å². The van der Waals surface area contributed by atoms with Gasteiger partial charge in [-0.25, -0.2) is 4.68 Å². The predicted molar refractivity (Wildman–Crippen MR) is 116 cm³/mol. The van der Waals surface area contributed by atoms with Crippen molar-refractivity contribution in [2.45, 2.75) is 20.8 Å². The lowest BCUT2D eigenvalue weighted by Crippen LogP contribution is -2.31. The Bertz CT molecular complexity index is 1010. The van der Waals surface area contributed by atoms with Crippen molar-refractivity contribution in [3.63, 3.8) is 0 Å². The summed E-state index contributed by atoms with van der Waals surface area (Å²) in [6.07, 6.45) is 1.49. The molecule has 0 aliphatic rings. The number of hydrogen-bond donors (Lipinski definition) is 1. The number of hydrogen-bond acceptors (Lipinski definition) is 4. The normalized spacial score (nSPS) is 10.5. The fourth-order valence-corrected chi connectivity index (χ4v) is 3.09. The first-order chi connectivity index (χ1) is 14.5. The van der Waals surface area contributed by atoms with Crippen LogP contribution >= 0.6 is 0 Å². The average Bonchev–Trinajstić information content (AvgIpc) is 3.17. The van der Waals surface area contributed by atoms with Crippen molar-refractivity contribution in [1.82, 2.24) is 14.7 Å². The highest BCUT2D eigenvalue weighted by Crippen LogP contribution is 2.22. The monoisotopic (exact) mass is 406 g/mol. The van der Waals surface area contributed by atoms with Crippen molar-refractivity contribution < 1.29 is 14.3 Å². The van der Waals surface area contributed by atoms with Gasteiger partial charge in [-0.15, -0.1) is 0 Å². The molecule has 0 aliphatic heterocycles. The van der Waals surface area contributed by atoms with E-state index in [1.54, 1.807) is 15.6 Å². The molecule has 7 nitrogen and oxygen atoms in total. The molecule has 1 N–H and O–H groups in total. The summed E-state index contributed by atoms with van der Waals surface area (Å²) in [5.41, 5.74) is 2.12. The molecule has 1 aromatic heterocycles. The number of amides is 2. The summed E-state index contributed by atoms with van der Waals surface area (Å²) in [6.45, 7) is 6.73. The lowest BCUT2D eigenvalue weighted by molar-refractivity contribution is -0.118. The molecule has 2 amide bonds. The van der Waals surface area contributed by atoms with Crippen LogP contribution in [0.15, 0.2) is 60.8 Å². The van der Waals surface area contributed by atoms with Gasteiger partial charge in [-0.05, 0) is 50.6 Å². The third-order valence-corrected chi connectivity index (χ3v) is 4.67. The highest BCUT2D eigenvalue weighted by molar-refractivity contribution is 6.03. The molecule has 0 aliphatic carbocycles. The molecule has 0 unspecified atom stereocenters. The van der Waals surface area contributed by atoms with Gasteiger partial charge in [-0.3, -0.25) is 9.59 Å². The van der Waals surface area contributed by atoms with Crippen LogP contribution < -0.4 is 10.1 Å². The van der Waals surface area contributed by atoms with E-state index in [0.717, 1.165) is 11.3 Å². The van der Waals surface area contributed by atoms with Crippen LogP contribution in [0, 0.1) is 6.92 Å². The zero-order valence-electron chi connectivity index (χ0n) is 17.5. The summed E-state index contributed by atoms with van der Waals surface area (Å²) in [5.74, 6) is 0.386. The number of aryl methyl sites for hydroxylation is 1. The summed E-state index contributed by atoms with van der Waals surface area (Å²) in [6, 6.07) is 16.8. The molecule has 0 radical (unpaired) electrons. The second kappa shape index (κ2) is 9.73. The number of carbonyl (C=O) groups excluding carboxylic acids is 2. The number of anilines is 1. The lowest BCUT2D eigenvalue weighted by atomic mass is 10.2. The van der Waals surface area contributed by atoms with Crippen molar-refractivity contribution in [2.24, 2.45) is 0 Å². The van der Waals surface area contributed by atoms with Gasteiger partial charge in [0.05, 0.1) is 11.9 Å². The molecule has 0 bridgehead atoms. The number of aromatic nitrogens is 2. The van der Waals surface area contributed by atoms with Crippen LogP contribution in [0.25, 0.3) is 5.69 Å². The van der Waals surface area contributed by atoms with E-state index in [4.69, 9.17) is 4.74 Å². The number of nitrogens with zero attached hydrogens (tertiary/aromatic N) is 3. The van der Waals surface area contributed by atoms with Crippen LogP contribution in [0.1, 0.15) is 29.8 Å². The molecule has 0 saturated carbocycles. The molecule has 156 valence electrons. The molecule has 0 spiro atoms. The summed E-state index contributed by atoms with van der Waals surface area (Å²) < 4.78 is 7.15. The zero-order chi connectivity index (χ0) is 21.5. The van der Waals surface area contributed by atoms with Gasteiger partial charge in [0.1, 0.15) is 17.1 Å². The van der Waals surface area contributed by atoms with Crippen LogP contribution in [0.4, 0.5) is 5.82 Å². The molecule has 0 saturated heterocycles. The molecule has 1 heterocycles. The summed E-state index contributed by atoms with van der Waals surface area (Å²) in [7, 11) is 0. The Kier molecular flexibility index (Phi) is 6.85. The fourth-order valence-electron chi connectivity index (χ4n) is 3.09. The number of benzene rings is 2. The molecule has 30 heavy (non-hydrogen) atoms. The minimum absolute atomic E-state index is 0.178. The summed E-state index contributed by atoms with van der Waals surface area (Å²) >= 11 is 0. The maximum Gasteiger partial charge on any atom is 0.263 e. The molecule has 7 heteroatoms. The maximum atomic E-state index is 13.0. The third-order valence-electron chi connectivity index (χ3n) is 4.67. The van der Waals surface area contributed by atoms with E-state index in [1.807, 2.05) is 69.3 Å². The van der Waals surface area contributed by atoms with Crippen LogP contribution in [0.3, 0.4) is 0 Å². The smallest absolute Gasteiger partial charge is 0.263 e. The Balaban J connectivity index is 1.85. The molecule has 0 atom stereocenters. The third kappa shape index (κ3) is 4.86. The Morgan fingerprint density at radius 1 is 1.07 bits per heavy atom. The SMILES string of the molecule is CCN(CC)C(=O)c1cnn(-c2ccccc2)c1NC(=O)COc1cccc(C)c1. The first kappa shape index (κ1) is 21.1. The number of rotatable bonds is 8. The fraction of sp³-hybridized carbons (Fsp3) is 0.261. The number of ether oxygens (including phenoxy) is 1. The number of carbonyl (C=O) groups is 2. The van der Waals surface area contributed by atoms with Crippen molar-refractivity contribution in [1.29, 1.82) is 0 Å². The Hall–Kier alpha value is -3.61. The largest absolute Gasteiger partial charge is 0.484 e. The van der Waals surface area contributed by atoms with E-state index >= 15 is 0 Å². The molecule has 3 aromatic rings. The zero-order valence-corrected chi connectivity index (χ0v) is 17.5. The summed E-state index contributed by atoms with van der Waals surface area (Å²) in [4.78, 5) is 27.3. The average molecular weight is 406 g/mol. The lowest BCUT2D eigenvalue weighted by Gasteiger charge is -2.19. The number of nitrogens with one attached hydrogen (secondary N) is 1. The van der Waals surface area contributed by atoms with Gasteiger partial charge in [0.2, 0.25) is 0 Å². The van der Waals surface area contributed by atoms with Gasteiger partial charge in [0.25, 0.3) is 11.8 Å². The van der Waals surface area contributed by atoms with Gasteiger partial charge in [0.15, 0.2) is 6.61 Å². The van der Waals surface area contributed by atoms with Gasteiger partial charge >= 0.3 is 0 Å². The van der Waals surface area contributed by atoms with Gasteiger partial charge in [0, 0.05) is 13.1 Å². The van der Waals surface area contributed by atoms with Crippen LogP contribution in [0.5, 0.6) is 5.75 Å². The first-order valence-corrected chi connectivity index (χ1v) is 9.95. The second-order valence-corrected chi connectivity index (χ2v) is 6.79. The quantitative estimate of drug-likeness (QED) is 0.619. The highest BCUT2D eigenvalue weighted by atomic mass is 16.5. The van der Waals surface area contributed by atoms with Gasteiger partial charge in [-0.1, -0.05) is 30.3 Å². The minimum atomic E-state index is -0.372. The van der Waals surface area contributed by atoms with E-state index in [0.29, 0.717) is 30.2 Å². The van der Waals surface area contributed by atoms with E-state index < -0.39 is 0 Å². The second-order valence-electron chi connectivity index (χ2n) is 6.79. The van der Waals surface area contributed by atoms with Crippen LogP contribution in [0.2, 0.25) is 0 Å². The highest BCUT2D eigenvalue weighted by Gasteiger charge is 2.23. The van der Waals surface area contributed by atoms with Gasteiger partial charge < -0.3 is 15.0 Å². The van der Waals surface area contributed by atoms with E-state index in [-0.39, 0.29) is 18.4 Å². The predicted octanol–water partition coefficient (Wildman–Crippen LogP) is 3.68. The Morgan fingerprint density at radius 3 is 2.47 bits per heavy atom. The van der Waals surface area contributed by atoms with Crippen molar-refractivity contribution >= 4 is 17.6 Å². The van der Waals surface area contributed by atoms with E-state index in [1.165, 1.54) is 6.20 Å². The first-order valence-electron chi connectivity index (χ1n) is 9.95. The summed E-state index contributed by atoms with van der Waals surface area (Å²) in [5, 5.41) is 7.17. The Labute approximate surface area is 176 Å². The van der Waals surface area contributed by atoms with Crippen molar-refractivity contribution in [3.8, 4) is 11.4 Å². The number of para-hydroxylation sites is 1. The van der Waals surface area contributed by atoms with Crippen molar-refractivity contribution in [2.75, 3.05) is 25.0 Å². The maximum absolute atomic E-state index is 13.0. The van der Waals surface area contributed by atoms with Gasteiger partial charge in [-0.2, -0.15) is 5.10 Å². The van der Waals surface area contributed by atoms with Crippen LogP contribution in [-0.4, -0.2) is 46.2 Å².